The van der Waals surface area contributed by atoms with Crippen molar-refractivity contribution in [1.29, 1.82) is 5.26 Å². The number of fused-ring (bicyclic) bond motifs is 1. The van der Waals surface area contributed by atoms with Crippen LogP contribution in [0.2, 0.25) is 0 Å². The normalized spacial score (nSPS) is 17.3. The van der Waals surface area contributed by atoms with E-state index in [2.05, 4.69) is 27.0 Å². The highest BCUT2D eigenvalue weighted by atomic mass is 19.3. The fraction of sp³-hybridized carbons (Fsp3) is 0.360. The number of carbonyl (C=O) groups is 1. The first-order chi connectivity index (χ1) is 17.4. The summed E-state index contributed by atoms with van der Waals surface area (Å²) in [6, 6.07) is 7.78. The summed E-state index contributed by atoms with van der Waals surface area (Å²) in [6.07, 6.45) is 10.1. The molecule has 0 aromatic carbocycles. The average Bonchev–Trinajstić information content (AvgIpc) is 3.30. The fourth-order valence-electron chi connectivity index (χ4n) is 4.50. The van der Waals surface area contributed by atoms with Crippen molar-refractivity contribution < 1.29 is 18.3 Å². The van der Waals surface area contributed by atoms with Crippen LogP contribution in [-0.2, 0) is 4.79 Å². The lowest BCUT2D eigenvalue weighted by atomic mass is 10.1. The Morgan fingerprint density at radius 1 is 1.19 bits per heavy atom. The lowest BCUT2D eigenvalue weighted by Gasteiger charge is -2.38. The van der Waals surface area contributed by atoms with Gasteiger partial charge < -0.3 is 14.5 Å². The third kappa shape index (κ3) is 4.66. The molecule has 5 rings (SSSR count). The van der Waals surface area contributed by atoms with Gasteiger partial charge in [0.05, 0.1) is 36.6 Å². The van der Waals surface area contributed by atoms with Crippen molar-refractivity contribution in [2.75, 3.05) is 57.3 Å². The Labute approximate surface area is 206 Å². The molecule has 2 saturated heterocycles. The van der Waals surface area contributed by atoms with Gasteiger partial charge in [-0.25, -0.2) is 18.3 Å². The van der Waals surface area contributed by atoms with Crippen molar-refractivity contribution in [3.63, 3.8) is 0 Å². The van der Waals surface area contributed by atoms with E-state index in [1.54, 1.807) is 26.7 Å². The van der Waals surface area contributed by atoms with E-state index in [0.717, 1.165) is 16.9 Å². The summed E-state index contributed by atoms with van der Waals surface area (Å²) < 4.78 is 33.5. The number of ether oxygens (including phenoxy) is 1. The second kappa shape index (κ2) is 9.44. The summed E-state index contributed by atoms with van der Waals surface area (Å²) in [4.78, 5) is 21.7. The van der Waals surface area contributed by atoms with E-state index in [4.69, 9.17) is 11.2 Å². The van der Waals surface area contributed by atoms with Crippen LogP contribution in [0.1, 0.15) is 5.56 Å². The molecule has 9 nitrogen and oxygen atoms in total. The van der Waals surface area contributed by atoms with E-state index < -0.39 is 5.92 Å². The number of hydrogen-bond acceptors (Lipinski definition) is 7. The van der Waals surface area contributed by atoms with Crippen LogP contribution in [0, 0.1) is 23.7 Å². The second-order valence-corrected chi connectivity index (χ2v) is 8.80. The SMILES string of the molecule is C#CC(=O)N1CCN(c2ccc(-c3cc(OCCN4CC(F)(F)C4)cn4ncc(C#N)c34)cn2)CC1. The Hall–Kier alpha value is -4.22. The number of likely N-dealkylation sites (tertiary alicyclic amines) is 1. The van der Waals surface area contributed by atoms with Crippen LogP contribution in [0.25, 0.3) is 16.6 Å². The number of nitrogens with zero attached hydrogens (tertiary/aromatic N) is 7. The largest absolute Gasteiger partial charge is 0.491 e. The molecule has 0 saturated carbocycles. The maximum atomic E-state index is 13.0. The molecule has 0 spiro atoms. The van der Waals surface area contributed by atoms with Crippen LogP contribution in [0.4, 0.5) is 14.6 Å². The summed E-state index contributed by atoms with van der Waals surface area (Å²) >= 11 is 0. The number of anilines is 1. The van der Waals surface area contributed by atoms with Gasteiger partial charge in [0.15, 0.2) is 0 Å². The number of alkyl halides is 2. The minimum absolute atomic E-state index is 0.249. The van der Waals surface area contributed by atoms with Gasteiger partial charge in [0, 0.05) is 50.0 Å². The molecule has 36 heavy (non-hydrogen) atoms. The fourth-order valence-corrected chi connectivity index (χ4v) is 4.50. The summed E-state index contributed by atoms with van der Waals surface area (Å²) in [5.74, 6) is 0.517. The molecule has 184 valence electrons. The summed E-state index contributed by atoms with van der Waals surface area (Å²) in [7, 11) is 0. The Balaban J connectivity index is 1.34. The Morgan fingerprint density at radius 3 is 2.61 bits per heavy atom. The van der Waals surface area contributed by atoms with Gasteiger partial charge in [-0.1, -0.05) is 0 Å². The molecule has 0 N–H and O–H groups in total. The average molecular weight is 492 g/mol. The minimum atomic E-state index is -2.61. The molecule has 1 amide bonds. The molecule has 2 aliphatic rings. The van der Waals surface area contributed by atoms with Crippen molar-refractivity contribution in [1.82, 2.24) is 24.4 Å². The molecular formula is C25H23F2N7O2. The first kappa shape index (κ1) is 23.5. The Kier molecular flexibility index (Phi) is 6.17. The zero-order valence-corrected chi connectivity index (χ0v) is 19.4. The molecule has 2 aliphatic heterocycles. The standard InChI is InChI=1S/C25H23F2N7O2/c1-2-23(35)33-7-5-32(6-8-33)22-4-3-18(13-29-22)21-11-20(15-34-24(21)19(12-28)14-30-34)36-10-9-31-16-25(26,27)17-31/h1,3-4,11,13-15H,5-10,16-17H2. The zero-order valence-electron chi connectivity index (χ0n) is 19.4. The molecule has 3 aromatic heterocycles. The Bertz CT molecular complexity index is 1360. The number of piperazine rings is 1. The molecule has 0 bridgehead atoms. The van der Waals surface area contributed by atoms with Gasteiger partial charge in [0.1, 0.15) is 24.2 Å². The Morgan fingerprint density at radius 2 is 1.97 bits per heavy atom. The van der Waals surface area contributed by atoms with E-state index in [0.29, 0.717) is 49.6 Å². The van der Waals surface area contributed by atoms with Gasteiger partial charge in [-0.05, 0) is 24.1 Å². The molecule has 0 radical (unpaired) electrons. The van der Waals surface area contributed by atoms with Crippen molar-refractivity contribution in [2.24, 2.45) is 0 Å². The van der Waals surface area contributed by atoms with Crippen molar-refractivity contribution in [3.05, 3.63) is 42.4 Å². The molecule has 0 aliphatic carbocycles. The molecule has 11 heteroatoms. The predicted molar refractivity (Wildman–Crippen MR) is 128 cm³/mol. The van der Waals surface area contributed by atoms with E-state index in [9.17, 15) is 18.8 Å². The van der Waals surface area contributed by atoms with E-state index in [1.807, 2.05) is 18.2 Å². The van der Waals surface area contributed by atoms with Crippen molar-refractivity contribution in [3.8, 4) is 35.3 Å². The van der Waals surface area contributed by atoms with Gasteiger partial charge >= 0.3 is 0 Å². The third-order valence-corrected chi connectivity index (χ3v) is 6.37. The van der Waals surface area contributed by atoms with Gasteiger partial charge in [0.25, 0.3) is 11.8 Å². The lowest BCUT2D eigenvalue weighted by molar-refractivity contribution is -0.132. The van der Waals surface area contributed by atoms with E-state index in [-0.39, 0.29) is 25.6 Å². The summed E-state index contributed by atoms with van der Waals surface area (Å²) in [5.41, 5.74) is 2.54. The molecule has 0 atom stereocenters. The summed E-state index contributed by atoms with van der Waals surface area (Å²) in [5, 5.41) is 13.8. The van der Waals surface area contributed by atoms with Crippen LogP contribution in [-0.4, -0.2) is 88.6 Å². The van der Waals surface area contributed by atoms with Gasteiger partial charge in [-0.15, -0.1) is 6.42 Å². The van der Waals surface area contributed by atoms with Crippen LogP contribution < -0.4 is 9.64 Å². The number of hydrogen-bond donors (Lipinski definition) is 0. The van der Waals surface area contributed by atoms with Crippen LogP contribution in [0.5, 0.6) is 5.75 Å². The maximum absolute atomic E-state index is 13.0. The highest BCUT2D eigenvalue weighted by molar-refractivity contribution is 5.93. The number of aromatic nitrogens is 3. The third-order valence-electron chi connectivity index (χ3n) is 6.37. The second-order valence-electron chi connectivity index (χ2n) is 8.80. The quantitative estimate of drug-likeness (QED) is 0.487. The number of nitriles is 1. The first-order valence-electron chi connectivity index (χ1n) is 11.5. The maximum Gasteiger partial charge on any atom is 0.298 e. The smallest absolute Gasteiger partial charge is 0.298 e. The van der Waals surface area contributed by atoms with Crippen LogP contribution in [0.3, 0.4) is 0 Å². The monoisotopic (exact) mass is 491 g/mol. The van der Waals surface area contributed by atoms with Crippen molar-refractivity contribution in [2.45, 2.75) is 5.92 Å². The van der Waals surface area contributed by atoms with Crippen molar-refractivity contribution >= 4 is 17.2 Å². The lowest BCUT2D eigenvalue weighted by Crippen LogP contribution is -2.56. The number of halogens is 2. The zero-order chi connectivity index (χ0) is 25.3. The highest BCUT2D eigenvalue weighted by Gasteiger charge is 2.43. The number of pyridine rings is 2. The number of amides is 1. The molecule has 3 aromatic rings. The molecule has 2 fully saturated rings. The van der Waals surface area contributed by atoms with Gasteiger partial charge in [-0.3, -0.25) is 9.69 Å². The number of carbonyl (C=O) groups excluding carboxylic acids is 1. The van der Waals surface area contributed by atoms with Gasteiger partial charge in [-0.2, -0.15) is 10.4 Å². The van der Waals surface area contributed by atoms with E-state index >= 15 is 0 Å². The predicted octanol–water partition coefficient (Wildman–Crippen LogP) is 1.88. The van der Waals surface area contributed by atoms with Gasteiger partial charge in [0.2, 0.25) is 0 Å². The molecular weight excluding hydrogens is 468 g/mol. The summed E-state index contributed by atoms with van der Waals surface area (Å²) in [6.45, 7) is 2.44. The topological polar surface area (TPSA) is 90.0 Å². The first-order valence-corrected chi connectivity index (χ1v) is 11.5. The minimum Gasteiger partial charge on any atom is -0.491 e. The number of terminal acetylenes is 1. The van der Waals surface area contributed by atoms with Crippen LogP contribution >= 0.6 is 0 Å². The number of rotatable bonds is 6. The molecule has 5 heterocycles. The molecule has 0 unspecified atom stereocenters. The van der Waals surface area contributed by atoms with Crippen LogP contribution in [0.15, 0.2) is 36.8 Å². The van der Waals surface area contributed by atoms with E-state index in [1.165, 1.54) is 6.20 Å². The highest BCUT2D eigenvalue weighted by Crippen LogP contribution is 2.32.